The molecular weight excluding hydrogens is 165 g/mol. The van der Waals surface area contributed by atoms with Crippen molar-refractivity contribution in [1.82, 2.24) is 14.5 Å². The fraction of sp³-hybridized carbons (Fsp3) is 0.600. The zero-order valence-corrected chi connectivity index (χ0v) is 7.93. The maximum absolute atomic E-state index is 4.92. The molecule has 5 heteroatoms. The van der Waals surface area contributed by atoms with Crippen LogP contribution in [0.3, 0.4) is 0 Å². The summed E-state index contributed by atoms with van der Waals surface area (Å²) in [7, 11) is 2.52. The van der Waals surface area contributed by atoms with Gasteiger partial charge in [-0.25, -0.2) is 0 Å². The third-order valence-electron chi connectivity index (χ3n) is 1.25. The van der Waals surface area contributed by atoms with Gasteiger partial charge in [-0.15, -0.1) is 0 Å². The molecule has 1 heterocycles. The quantitative estimate of drug-likeness (QED) is 0.520. The molecule has 1 rings (SSSR count). The third-order valence-corrected chi connectivity index (χ3v) is 2.25. The molecule has 1 atom stereocenters. The number of nitrogens with zero attached hydrogens (tertiary/aromatic N) is 2. The zero-order valence-electron chi connectivity index (χ0n) is 5.96. The Balaban J connectivity index is 3.18. The minimum atomic E-state index is 0.408. The van der Waals surface area contributed by atoms with Gasteiger partial charge in [0.2, 0.25) is 0 Å². The standard InChI is InChI=1S/C5H10N3PS/c1-3(2)4-6-7-5(10)8(4)9/h3H,9H2,1-2H3,(H,7,10). The number of rotatable bonds is 1. The highest BCUT2D eigenvalue weighted by Crippen LogP contribution is 2.13. The summed E-state index contributed by atoms with van der Waals surface area (Å²) in [6.45, 7) is 4.15. The number of aromatic nitrogens is 3. The first-order chi connectivity index (χ1) is 4.63. The third kappa shape index (κ3) is 1.27. The lowest BCUT2D eigenvalue weighted by Gasteiger charge is -2.00. The van der Waals surface area contributed by atoms with E-state index in [2.05, 4.69) is 33.4 Å². The number of hydrogen-bond acceptors (Lipinski definition) is 2. The minimum absolute atomic E-state index is 0.408. The summed E-state index contributed by atoms with van der Waals surface area (Å²) in [4.78, 5) is 0. The van der Waals surface area contributed by atoms with Gasteiger partial charge in [-0.05, 0) is 21.6 Å². The van der Waals surface area contributed by atoms with E-state index in [0.717, 1.165) is 5.82 Å². The van der Waals surface area contributed by atoms with E-state index in [1.54, 1.807) is 4.34 Å². The first-order valence-corrected chi connectivity index (χ1v) is 3.97. The maximum atomic E-state index is 4.92. The SMILES string of the molecule is CC(C)c1n[nH]c(=S)n1P. The molecule has 1 aromatic heterocycles. The molecule has 0 saturated carbocycles. The Hall–Kier alpha value is -0.210. The molecule has 0 aliphatic rings. The van der Waals surface area contributed by atoms with Crippen LogP contribution in [0.1, 0.15) is 25.6 Å². The van der Waals surface area contributed by atoms with Crippen molar-refractivity contribution >= 4 is 21.6 Å². The number of H-pyrrole nitrogens is 1. The van der Waals surface area contributed by atoms with E-state index in [0.29, 0.717) is 10.7 Å². The van der Waals surface area contributed by atoms with Crippen LogP contribution in [0.15, 0.2) is 0 Å². The Morgan fingerprint density at radius 2 is 2.30 bits per heavy atom. The molecule has 3 nitrogen and oxygen atoms in total. The van der Waals surface area contributed by atoms with Crippen LogP contribution >= 0.6 is 21.6 Å². The second-order valence-electron chi connectivity index (χ2n) is 2.41. The van der Waals surface area contributed by atoms with E-state index in [1.165, 1.54) is 0 Å². The molecule has 1 unspecified atom stereocenters. The molecule has 0 radical (unpaired) electrons. The van der Waals surface area contributed by atoms with Crippen LogP contribution in [0.2, 0.25) is 0 Å². The van der Waals surface area contributed by atoms with Gasteiger partial charge in [-0.1, -0.05) is 13.8 Å². The average molecular weight is 175 g/mol. The van der Waals surface area contributed by atoms with Gasteiger partial charge in [-0.3, -0.25) is 9.44 Å². The van der Waals surface area contributed by atoms with Gasteiger partial charge in [0.1, 0.15) is 5.82 Å². The van der Waals surface area contributed by atoms with Crippen LogP contribution in [0.4, 0.5) is 0 Å². The number of hydrogen-bond donors (Lipinski definition) is 1. The normalized spacial score (nSPS) is 10.8. The van der Waals surface area contributed by atoms with E-state index in [9.17, 15) is 0 Å². The number of nitrogens with one attached hydrogen (secondary N) is 1. The molecule has 0 spiro atoms. The van der Waals surface area contributed by atoms with Gasteiger partial charge in [0.15, 0.2) is 4.77 Å². The van der Waals surface area contributed by atoms with Crippen LogP contribution in [0, 0.1) is 4.77 Å². The molecule has 56 valence electrons. The molecule has 0 saturated heterocycles. The van der Waals surface area contributed by atoms with E-state index in [1.807, 2.05) is 0 Å². The van der Waals surface area contributed by atoms with Gasteiger partial charge in [0.25, 0.3) is 0 Å². The first kappa shape index (κ1) is 7.89. The molecule has 0 amide bonds. The van der Waals surface area contributed by atoms with Gasteiger partial charge in [0.05, 0.1) is 0 Å². The predicted molar refractivity (Wildman–Crippen MR) is 46.6 cm³/mol. The lowest BCUT2D eigenvalue weighted by molar-refractivity contribution is 0.769. The Morgan fingerprint density at radius 3 is 2.50 bits per heavy atom. The number of aromatic amines is 1. The van der Waals surface area contributed by atoms with Crippen LogP contribution < -0.4 is 0 Å². The van der Waals surface area contributed by atoms with E-state index in [4.69, 9.17) is 12.2 Å². The summed E-state index contributed by atoms with van der Waals surface area (Å²) in [6, 6.07) is 0. The molecule has 0 aromatic carbocycles. The summed E-state index contributed by atoms with van der Waals surface area (Å²) in [5.74, 6) is 1.38. The Morgan fingerprint density at radius 1 is 1.70 bits per heavy atom. The first-order valence-electron chi connectivity index (χ1n) is 3.05. The van der Waals surface area contributed by atoms with Gasteiger partial charge in [0, 0.05) is 5.92 Å². The van der Waals surface area contributed by atoms with E-state index >= 15 is 0 Å². The zero-order chi connectivity index (χ0) is 7.72. The maximum Gasteiger partial charge on any atom is 0.198 e. The molecule has 0 fully saturated rings. The van der Waals surface area contributed by atoms with Crippen LogP contribution in [-0.4, -0.2) is 14.5 Å². The summed E-state index contributed by atoms with van der Waals surface area (Å²) >= 11 is 4.92. The predicted octanol–water partition coefficient (Wildman–Crippen LogP) is 1.70. The second-order valence-corrected chi connectivity index (χ2v) is 3.31. The molecule has 0 aliphatic heterocycles. The highest BCUT2D eigenvalue weighted by Gasteiger charge is 2.05. The Labute approximate surface area is 67.1 Å². The van der Waals surface area contributed by atoms with Crippen molar-refractivity contribution in [3.63, 3.8) is 0 Å². The van der Waals surface area contributed by atoms with E-state index in [-0.39, 0.29) is 0 Å². The summed E-state index contributed by atoms with van der Waals surface area (Å²) < 4.78 is 2.45. The molecule has 0 aliphatic carbocycles. The smallest absolute Gasteiger partial charge is 0.198 e. The lowest BCUT2D eigenvalue weighted by Crippen LogP contribution is -1.94. The van der Waals surface area contributed by atoms with E-state index < -0.39 is 0 Å². The summed E-state index contributed by atoms with van der Waals surface area (Å²) in [5, 5.41) is 6.75. The highest BCUT2D eigenvalue weighted by molar-refractivity contribution is 7.71. The minimum Gasteiger partial charge on any atom is -0.288 e. The van der Waals surface area contributed by atoms with Crippen molar-refractivity contribution in [2.45, 2.75) is 19.8 Å². The van der Waals surface area contributed by atoms with Gasteiger partial charge in [-0.2, -0.15) is 5.10 Å². The molecular formula is C5H10N3PS. The van der Waals surface area contributed by atoms with Crippen molar-refractivity contribution in [2.24, 2.45) is 0 Å². The largest absolute Gasteiger partial charge is 0.288 e. The van der Waals surface area contributed by atoms with Crippen molar-refractivity contribution in [1.29, 1.82) is 0 Å². The van der Waals surface area contributed by atoms with Crippen molar-refractivity contribution in [3.05, 3.63) is 10.6 Å². The molecule has 1 N–H and O–H groups in total. The van der Waals surface area contributed by atoms with Crippen LogP contribution in [0.25, 0.3) is 0 Å². The molecule has 0 bridgehead atoms. The monoisotopic (exact) mass is 175 g/mol. The lowest BCUT2D eigenvalue weighted by atomic mass is 10.2. The van der Waals surface area contributed by atoms with Crippen molar-refractivity contribution in [3.8, 4) is 0 Å². The fourth-order valence-corrected chi connectivity index (χ4v) is 1.28. The van der Waals surface area contributed by atoms with Crippen LogP contribution in [-0.2, 0) is 0 Å². The fourth-order valence-electron chi connectivity index (χ4n) is 0.724. The average Bonchev–Trinajstić information content (AvgIpc) is 2.14. The molecule has 10 heavy (non-hydrogen) atoms. The molecule has 1 aromatic rings. The summed E-state index contributed by atoms with van der Waals surface area (Å²) in [6.07, 6.45) is 0. The van der Waals surface area contributed by atoms with Crippen molar-refractivity contribution < 1.29 is 0 Å². The van der Waals surface area contributed by atoms with Gasteiger partial charge < -0.3 is 0 Å². The second kappa shape index (κ2) is 2.81. The van der Waals surface area contributed by atoms with Crippen molar-refractivity contribution in [2.75, 3.05) is 0 Å². The topological polar surface area (TPSA) is 33.6 Å². The van der Waals surface area contributed by atoms with Gasteiger partial charge >= 0.3 is 0 Å². The summed E-state index contributed by atoms with van der Waals surface area (Å²) in [5.41, 5.74) is 0. The Bertz CT molecular complexity index is 275. The Kier molecular flexibility index (Phi) is 2.21. The van der Waals surface area contributed by atoms with Crippen LogP contribution in [0.5, 0.6) is 0 Å². The highest BCUT2D eigenvalue weighted by atomic mass is 32.1.